The molecule has 0 unspecified atom stereocenters. The summed E-state index contributed by atoms with van der Waals surface area (Å²) in [4.78, 5) is 32.9. The van der Waals surface area contributed by atoms with Crippen molar-refractivity contribution in [3.05, 3.63) is 18.2 Å². The highest BCUT2D eigenvalue weighted by Gasteiger charge is 2.29. The molecule has 0 atom stereocenters. The molecule has 104 valence electrons. The predicted molar refractivity (Wildman–Crippen MR) is 67.4 cm³/mol. The van der Waals surface area contributed by atoms with Gasteiger partial charge in [-0.05, 0) is 18.8 Å². The number of urea groups is 1. The van der Waals surface area contributed by atoms with Gasteiger partial charge in [0.25, 0.3) is 0 Å². The molecule has 1 aliphatic carbocycles. The van der Waals surface area contributed by atoms with E-state index < -0.39 is 5.97 Å². The minimum Gasteiger partial charge on any atom is -0.480 e. The summed E-state index contributed by atoms with van der Waals surface area (Å²) in [5, 5.41) is 8.87. The molecule has 1 aromatic rings. The van der Waals surface area contributed by atoms with Gasteiger partial charge in [-0.3, -0.25) is 4.79 Å². The third-order valence-electron chi connectivity index (χ3n) is 3.04. The van der Waals surface area contributed by atoms with Gasteiger partial charge in [0, 0.05) is 26.0 Å². The Morgan fingerprint density at radius 1 is 1.53 bits per heavy atom. The van der Waals surface area contributed by atoms with Crippen LogP contribution in [-0.2, 0) is 11.3 Å². The Bertz CT molecular complexity index is 442. The first-order valence-corrected chi connectivity index (χ1v) is 6.26. The van der Waals surface area contributed by atoms with E-state index in [4.69, 9.17) is 5.11 Å². The molecule has 1 aliphatic rings. The average Bonchev–Trinajstić information content (AvgIpc) is 3.02. The number of aromatic amines is 1. The van der Waals surface area contributed by atoms with Gasteiger partial charge in [-0.1, -0.05) is 0 Å². The zero-order valence-corrected chi connectivity index (χ0v) is 10.9. The zero-order chi connectivity index (χ0) is 13.8. The van der Waals surface area contributed by atoms with Crippen LogP contribution >= 0.6 is 0 Å². The summed E-state index contributed by atoms with van der Waals surface area (Å²) in [6.07, 6.45) is 5.45. The number of hydrogen-bond acceptors (Lipinski definition) is 3. The smallest absolute Gasteiger partial charge is 0.323 e. The van der Waals surface area contributed by atoms with Gasteiger partial charge in [-0.2, -0.15) is 0 Å². The van der Waals surface area contributed by atoms with Gasteiger partial charge >= 0.3 is 12.0 Å². The van der Waals surface area contributed by atoms with Gasteiger partial charge in [0.2, 0.25) is 0 Å². The van der Waals surface area contributed by atoms with Crippen LogP contribution in [0.2, 0.25) is 0 Å². The lowest BCUT2D eigenvalue weighted by Gasteiger charge is -2.26. The molecular formula is C12H18N4O3. The number of carbonyl (C=O) groups excluding carboxylic acids is 1. The van der Waals surface area contributed by atoms with E-state index in [2.05, 4.69) is 9.97 Å². The topological polar surface area (TPSA) is 89.5 Å². The summed E-state index contributed by atoms with van der Waals surface area (Å²) in [6, 6.07) is -0.272. The number of carboxylic acid groups (broad SMARTS) is 1. The van der Waals surface area contributed by atoms with Crippen molar-refractivity contribution in [2.45, 2.75) is 19.4 Å². The molecule has 1 heterocycles. The fraction of sp³-hybridized carbons (Fsp3) is 0.583. The molecule has 7 heteroatoms. The van der Waals surface area contributed by atoms with Crippen molar-refractivity contribution in [1.29, 1.82) is 0 Å². The van der Waals surface area contributed by atoms with Crippen LogP contribution in [-0.4, -0.2) is 57.0 Å². The minimum atomic E-state index is -0.986. The van der Waals surface area contributed by atoms with Crippen molar-refractivity contribution in [1.82, 2.24) is 19.8 Å². The monoisotopic (exact) mass is 266 g/mol. The lowest BCUT2D eigenvalue weighted by atomic mass is 10.3. The summed E-state index contributed by atoms with van der Waals surface area (Å²) in [5.41, 5.74) is 0. The number of carbonyl (C=O) groups is 2. The van der Waals surface area contributed by atoms with Crippen LogP contribution in [0.3, 0.4) is 0 Å². The maximum absolute atomic E-state index is 12.2. The van der Waals surface area contributed by atoms with Crippen LogP contribution in [0.5, 0.6) is 0 Å². The number of imidazole rings is 1. The number of H-pyrrole nitrogens is 1. The van der Waals surface area contributed by atoms with Gasteiger partial charge in [-0.15, -0.1) is 0 Å². The first-order valence-electron chi connectivity index (χ1n) is 6.26. The second-order valence-corrected chi connectivity index (χ2v) is 4.89. The maximum Gasteiger partial charge on any atom is 0.323 e. The van der Waals surface area contributed by atoms with E-state index in [9.17, 15) is 9.59 Å². The number of aromatic nitrogens is 2. The predicted octanol–water partition coefficient (Wildman–Crippen LogP) is 0.758. The summed E-state index contributed by atoms with van der Waals surface area (Å²) >= 11 is 0. The Morgan fingerprint density at radius 3 is 2.79 bits per heavy atom. The van der Waals surface area contributed by atoms with Crippen LogP contribution in [0.15, 0.2) is 12.4 Å². The molecule has 1 aromatic heterocycles. The Morgan fingerprint density at radius 2 is 2.26 bits per heavy atom. The molecule has 1 saturated carbocycles. The highest BCUT2D eigenvalue weighted by molar-refractivity contribution is 5.80. The quantitative estimate of drug-likeness (QED) is 0.795. The fourth-order valence-electron chi connectivity index (χ4n) is 1.90. The van der Waals surface area contributed by atoms with Crippen molar-refractivity contribution in [2.24, 2.45) is 5.92 Å². The first-order chi connectivity index (χ1) is 9.06. The highest BCUT2D eigenvalue weighted by Crippen LogP contribution is 2.29. The number of rotatable bonds is 6. The summed E-state index contributed by atoms with van der Waals surface area (Å²) in [7, 11) is 1.65. The Labute approximate surface area is 111 Å². The summed E-state index contributed by atoms with van der Waals surface area (Å²) in [5.74, 6) is 0.151. The second kappa shape index (κ2) is 5.73. The van der Waals surface area contributed by atoms with Crippen LogP contribution in [0.1, 0.15) is 18.7 Å². The van der Waals surface area contributed by atoms with E-state index in [1.807, 2.05) is 0 Å². The molecular weight excluding hydrogens is 248 g/mol. The van der Waals surface area contributed by atoms with Crippen LogP contribution in [0.25, 0.3) is 0 Å². The van der Waals surface area contributed by atoms with Crippen LogP contribution in [0.4, 0.5) is 4.79 Å². The third-order valence-corrected chi connectivity index (χ3v) is 3.04. The lowest BCUT2D eigenvalue weighted by Crippen LogP contribution is -2.44. The number of nitrogens with one attached hydrogen (secondary N) is 1. The maximum atomic E-state index is 12.2. The van der Waals surface area contributed by atoms with E-state index in [0.717, 1.165) is 12.8 Å². The zero-order valence-electron chi connectivity index (χ0n) is 10.9. The SMILES string of the molecule is CN(Cc1ncc[nH]1)C(=O)N(CC(=O)O)CC1CC1. The van der Waals surface area contributed by atoms with Crippen molar-refractivity contribution < 1.29 is 14.7 Å². The third kappa shape index (κ3) is 3.97. The van der Waals surface area contributed by atoms with E-state index in [0.29, 0.717) is 24.8 Å². The number of aliphatic carboxylic acids is 1. The second-order valence-electron chi connectivity index (χ2n) is 4.89. The van der Waals surface area contributed by atoms with Crippen molar-refractivity contribution >= 4 is 12.0 Å². The van der Waals surface area contributed by atoms with Gasteiger partial charge in [0.15, 0.2) is 0 Å². The van der Waals surface area contributed by atoms with Crippen molar-refractivity contribution in [3.8, 4) is 0 Å². The van der Waals surface area contributed by atoms with Crippen molar-refractivity contribution in [2.75, 3.05) is 20.1 Å². The molecule has 0 spiro atoms. The fourth-order valence-corrected chi connectivity index (χ4v) is 1.90. The molecule has 0 bridgehead atoms. The van der Waals surface area contributed by atoms with E-state index >= 15 is 0 Å². The van der Waals surface area contributed by atoms with E-state index in [1.54, 1.807) is 19.4 Å². The summed E-state index contributed by atoms with van der Waals surface area (Å²) in [6.45, 7) is 0.609. The number of hydrogen-bond donors (Lipinski definition) is 2. The Hall–Kier alpha value is -2.05. The van der Waals surface area contributed by atoms with Crippen molar-refractivity contribution in [3.63, 3.8) is 0 Å². The molecule has 0 saturated heterocycles. The van der Waals surface area contributed by atoms with Gasteiger partial charge in [0.05, 0.1) is 6.54 Å². The molecule has 7 nitrogen and oxygen atoms in total. The van der Waals surface area contributed by atoms with E-state index in [1.165, 1.54) is 9.80 Å². The lowest BCUT2D eigenvalue weighted by molar-refractivity contribution is -0.137. The standard InChI is InChI=1S/C12H18N4O3/c1-15(7-10-13-4-5-14-10)12(19)16(8-11(17)18)6-9-2-3-9/h4-5,9H,2-3,6-8H2,1H3,(H,13,14)(H,17,18). The first kappa shape index (κ1) is 13.4. The summed E-state index contributed by atoms with van der Waals surface area (Å²) < 4.78 is 0. The van der Waals surface area contributed by atoms with Gasteiger partial charge in [0.1, 0.15) is 12.4 Å². The molecule has 2 amide bonds. The Balaban J connectivity index is 1.94. The number of carboxylic acids is 1. The average molecular weight is 266 g/mol. The van der Waals surface area contributed by atoms with Crippen LogP contribution < -0.4 is 0 Å². The number of amides is 2. The molecule has 0 aliphatic heterocycles. The molecule has 1 fully saturated rings. The van der Waals surface area contributed by atoms with E-state index in [-0.39, 0.29) is 12.6 Å². The Kier molecular flexibility index (Phi) is 4.03. The molecule has 19 heavy (non-hydrogen) atoms. The molecule has 0 aromatic carbocycles. The molecule has 2 N–H and O–H groups in total. The molecule has 0 radical (unpaired) electrons. The minimum absolute atomic E-state index is 0.252. The molecule has 2 rings (SSSR count). The number of nitrogens with zero attached hydrogens (tertiary/aromatic N) is 3. The largest absolute Gasteiger partial charge is 0.480 e. The normalized spacial score (nSPS) is 14.2. The highest BCUT2D eigenvalue weighted by atomic mass is 16.4. The van der Waals surface area contributed by atoms with Gasteiger partial charge < -0.3 is 19.9 Å². The van der Waals surface area contributed by atoms with Gasteiger partial charge in [-0.25, -0.2) is 9.78 Å². The van der Waals surface area contributed by atoms with Crippen LogP contribution in [0, 0.1) is 5.92 Å².